The zero-order chi connectivity index (χ0) is 13.9. The van der Waals surface area contributed by atoms with Crippen LogP contribution in [0.15, 0.2) is 16.7 Å². The molecule has 1 atom stereocenters. The quantitative estimate of drug-likeness (QED) is 0.879. The van der Waals surface area contributed by atoms with Gasteiger partial charge >= 0.3 is 0 Å². The summed E-state index contributed by atoms with van der Waals surface area (Å²) in [5.41, 5.74) is -0.0221. The summed E-state index contributed by atoms with van der Waals surface area (Å²) in [7, 11) is 0. The van der Waals surface area contributed by atoms with Gasteiger partial charge in [-0.1, -0.05) is 19.3 Å². The highest BCUT2D eigenvalue weighted by molar-refractivity contribution is 5.92. The number of furan rings is 1. The normalized spacial score (nSPS) is 19.9. The van der Waals surface area contributed by atoms with E-state index in [1.807, 2.05) is 13.8 Å². The van der Waals surface area contributed by atoms with E-state index in [1.165, 1.54) is 25.5 Å². The summed E-state index contributed by atoms with van der Waals surface area (Å²) in [6, 6.07) is 1.76. The molecule has 0 saturated heterocycles. The fraction of sp³-hybridized carbons (Fsp3) is 0.667. The number of hydrogen-bond acceptors (Lipinski definition) is 3. The van der Waals surface area contributed by atoms with Gasteiger partial charge in [0.1, 0.15) is 0 Å². The van der Waals surface area contributed by atoms with Gasteiger partial charge in [-0.3, -0.25) is 4.79 Å². The van der Waals surface area contributed by atoms with Crippen molar-refractivity contribution >= 4 is 5.91 Å². The first-order chi connectivity index (χ1) is 9.00. The summed E-state index contributed by atoms with van der Waals surface area (Å²) >= 11 is 0. The number of rotatable bonds is 4. The molecule has 2 N–H and O–H groups in total. The van der Waals surface area contributed by atoms with E-state index >= 15 is 0 Å². The van der Waals surface area contributed by atoms with Crippen LogP contribution >= 0.6 is 0 Å². The Labute approximate surface area is 114 Å². The Hall–Kier alpha value is -1.29. The Kier molecular flexibility index (Phi) is 4.30. The summed E-state index contributed by atoms with van der Waals surface area (Å²) < 4.78 is 5.14. The molecule has 1 saturated carbocycles. The number of carbonyl (C=O) groups excluding carboxylic acids is 1. The van der Waals surface area contributed by atoms with E-state index in [0.717, 1.165) is 18.4 Å². The molecule has 1 aromatic rings. The summed E-state index contributed by atoms with van der Waals surface area (Å²) in [5, 5.41) is 13.3. The van der Waals surface area contributed by atoms with Crippen LogP contribution in [0, 0.1) is 12.8 Å². The highest BCUT2D eigenvalue weighted by atomic mass is 16.3. The lowest BCUT2D eigenvalue weighted by molar-refractivity contribution is -0.0145. The van der Waals surface area contributed by atoms with Crippen LogP contribution in [0.4, 0.5) is 0 Å². The first kappa shape index (κ1) is 14.1. The van der Waals surface area contributed by atoms with Crippen molar-refractivity contribution in [3.8, 4) is 0 Å². The number of nitrogens with one attached hydrogen (secondary N) is 1. The first-order valence-corrected chi connectivity index (χ1v) is 7.05. The van der Waals surface area contributed by atoms with Crippen molar-refractivity contribution in [1.82, 2.24) is 5.32 Å². The molecular formula is C15H23NO3. The molecule has 0 unspecified atom stereocenters. The summed E-state index contributed by atoms with van der Waals surface area (Å²) in [4.78, 5) is 11.9. The zero-order valence-corrected chi connectivity index (χ0v) is 11.7. The van der Waals surface area contributed by atoms with Gasteiger partial charge < -0.3 is 14.8 Å². The molecule has 2 rings (SSSR count). The van der Waals surface area contributed by atoms with Gasteiger partial charge in [-0.05, 0) is 38.7 Å². The fourth-order valence-electron chi connectivity index (χ4n) is 2.81. The van der Waals surface area contributed by atoms with Gasteiger partial charge in [0, 0.05) is 12.1 Å². The van der Waals surface area contributed by atoms with Crippen molar-refractivity contribution in [1.29, 1.82) is 0 Å². The third-order valence-electron chi connectivity index (χ3n) is 4.16. The Balaban J connectivity index is 1.90. The largest absolute Gasteiger partial charge is 0.459 e. The molecule has 0 radical (unpaired) electrons. The van der Waals surface area contributed by atoms with Gasteiger partial charge in [-0.2, -0.15) is 0 Å². The van der Waals surface area contributed by atoms with Crippen LogP contribution in [-0.2, 0) is 0 Å². The SMILES string of the molecule is Cc1ccoc1C(=O)NC[C@](C)(O)C1CCCCC1. The lowest BCUT2D eigenvalue weighted by Crippen LogP contribution is -2.46. The fourth-order valence-corrected chi connectivity index (χ4v) is 2.81. The summed E-state index contributed by atoms with van der Waals surface area (Å²) in [5.74, 6) is 0.359. The van der Waals surface area contributed by atoms with Gasteiger partial charge in [0.2, 0.25) is 0 Å². The molecule has 1 aliphatic carbocycles. The first-order valence-electron chi connectivity index (χ1n) is 7.05. The molecule has 1 fully saturated rings. The monoisotopic (exact) mass is 265 g/mol. The molecular weight excluding hydrogens is 242 g/mol. The lowest BCUT2D eigenvalue weighted by atomic mass is 9.78. The lowest BCUT2D eigenvalue weighted by Gasteiger charge is -2.35. The number of aryl methyl sites for hydroxylation is 1. The van der Waals surface area contributed by atoms with Crippen molar-refractivity contribution in [2.75, 3.05) is 6.54 Å². The summed E-state index contributed by atoms with van der Waals surface area (Å²) in [6.07, 6.45) is 7.19. The van der Waals surface area contributed by atoms with E-state index in [9.17, 15) is 9.90 Å². The molecule has 0 spiro atoms. The summed E-state index contributed by atoms with van der Waals surface area (Å²) in [6.45, 7) is 3.92. The molecule has 1 aliphatic rings. The number of aliphatic hydroxyl groups is 1. The van der Waals surface area contributed by atoms with Crippen LogP contribution in [0.25, 0.3) is 0 Å². The molecule has 0 aromatic carbocycles. The molecule has 1 heterocycles. The van der Waals surface area contributed by atoms with Crippen LogP contribution in [0.3, 0.4) is 0 Å². The van der Waals surface area contributed by atoms with Crippen LogP contribution in [0.1, 0.15) is 55.1 Å². The van der Waals surface area contributed by atoms with E-state index < -0.39 is 5.60 Å². The van der Waals surface area contributed by atoms with E-state index in [2.05, 4.69) is 5.32 Å². The average molecular weight is 265 g/mol. The molecule has 106 valence electrons. The van der Waals surface area contributed by atoms with Gasteiger partial charge in [0.25, 0.3) is 5.91 Å². The molecule has 4 nitrogen and oxygen atoms in total. The van der Waals surface area contributed by atoms with Gasteiger partial charge in [-0.25, -0.2) is 0 Å². The third-order valence-corrected chi connectivity index (χ3v) is 4.16. The minimum absolute atomic E-state index is 0.251. The molecule has 0 bridgehead atoms. The van der Waals surface area contributed by atoms with Crippen LogP contribution in [0.5, 0.6) is 0 Å². The van der Waals surface area contributed by atoms with Crippen LogP contribution in [0.2, 0.25) is 0 Å². The molecule has 0 aliphatic heterocycles. The maximum absolute atomic E-state index is 11.9. The second-order valence-electron chi connectivity index (χ2n) is 5.81. The van der Waals surface area contributed by atoms with Crippen LogP contribution < -0.4 is 5.32 Å². The highest BCUT2D eigenvalue weighted by Crippen LogP contribution is 2.32. The minimum atomic E-state index is -0.837. The molecule has 1 amide bonds. The van der Waals surface area contributed by atoms with Crippen LogP contribution in [-0.4, -0.2) is 23.2 Å². The predicted molar refractivity (Wildman–Crippen MR) is 73.0 cm³/mol. The Morgan fingerprint density at radius 1 is 1.47 bits per heavy atom. The standard InChI is InChI=1S/C15H23NO3/c1-11-8-9-19-13(11)14(17)16-10-15(2,18)12-6-4-3-5-7-12/h8-9,12,18H,3-7,10H2,1-2H3,(H,16,17)/t15-/m0/s1. The highest BCUT2D eigenvalue weighted by Gasteiger charge is 2.33. The number of amides is 1. The molecule has 4 heteroatoms. The number of carbonyl (C=O) groups is 1. The molecule has 1 aromatic heterocycles. The van der Waals surface area contributed by atoms with Crippen molar-refractivity contribution < 1.29 is 14.3 Å². The van der Waals surface area contributed by atoms with Crippen molar-refractivity contribution in [3.63, 3.8) is 0 Å². The Morgan fingerprint density at radius 3 is 2.74 bits per heavy atom. The zero-order valence-electron chi connectivity index (χ0n) is 11.7. The topological polar surface area (TPSA) is 62.5 Å². The van der Waals surface area contributed by atoms with Crippen molar-refractivity contribution in [2.45, 2.75) is 51.6 Å². The maximum Gasteiger partial charge on any atom is 0.287 e. The smallest absolute Gasteiger partial charge is 0.287 e. The van der Waals surface area contributed by atoms with E-state index in [-0.39, 0.29) is 18.4 Å². The average Bonchev–Trinajstić information content (AvgIpc) is 2.83. The van der Waals surface area contributed by atoms with E-state index in [0.29, 0.717) is 5.76 Å². The number of hydrogen-bond donors (Lipinski definition) is 2. The molecule has 19 heavy (non-hydrogen) atoms. The van der Waals surface area contributed by atoms with E-state index in [4.69, 9.17) is 4.42 Å². The van der Waals surface area contributed by atoms with Gasteiger partial charge in [0.15, 0.2) is 5.76 Å². The minimum Gasteiger partial charge on any atom is -0.459 e. The van der Waals surface area contributed by atoms with Crippen molar-refractivity contribution in [3.05, 3.63) is 23.7 Å². The van der Waals surface area contributed by atoms with E-state index in [1.54, 1.807) is 6.07 Å². The second kappa shape index (κ2) is 5.78. The van der Waals surface area contributed by atoms with Gasteiger partial charge in [-0.15, -0.1) is 0 Å². The maximum atomic E-state index is 11.9. The van der Waals surface area contributed by atoms with Gasteiger partial charge in [0.05, 0.1) is 11.9 Å². The Morgan fingerprint density at radius 2 is 2.16 bits per heavy atom. The Bertz CT molecular complexity index is 430. The second-order valence-corrected chi connectivity index (χ2v) is 5.81. The predicted octanol–water partition coefficient (Wildman–Crippen LogP) is 2.65. The van der Waals surface area contributed by atoms with Crippen molar-refractivity contribution in [2.24, 2.45) is 5.92 Å². The third kappa shape index (κ3) is 3.38.